The van der Waals surface area contributed by atoms with Crippen LogP contribution >= 0.6 is 11.6 Å². The number of hydrazone groups is 1. The van der Waals surface area contributed by atoms with Gasteiger partial charge < -0.3 is 15.0 Å². The van der Waals surface area contributed by atoms with E-state index in [-0.39, 0.29) is 10.6 Å². The van der Waals surface area contributed by atoms with E-state index in [9.17, 15) is 9.59 Å². The number of anilines is 1. The minimum absolute atomic E-state index is 0.0496. The molecule has 0 fully saturated rings. The van der Waals surface area contributed by atoms with Crippen LogP contribution in [0.1, 0.15) is 32.9 Å². The molecule has 0 spiro atoms. The van der Waals surface area contributed by atoms with Gasteiger partial charge in [-0.15, -0.1) is 0 Å². The number of carboxylic acids is 1. The Morgan fingerprint density at radius 1 is 1.10 bits per heavy atom. The number of urea groups is 1. The van der Waals surface area contributed by atoms with Crippen LogP contribution in [0, 0.1) is 20.8 Å². The fraction of sp³-hybridized carbons (Fsp3) is 0.136. The van der Waals surface area contributed by atoms with Crippen LogP contribution in [-0.4, -0.2) is 27.9 Å². The molecule has 0 aliphatic carbocycles. The van der Waals surface area contributed by atoms with Gasteiger partial charge in [-0.25, -0.2) is 15.0 Å². The summed E-state index contributed by atoms with van der Waals surface area (Å²) in [5.41, 5.74) is 7.50. The Morgan fingerprint density at radius 2 is 1.83 bits per heavy atom. The predicted molar refractivity (Wildman–Crippen MR) is 118 cm³/mol. The fourth-order valence-corrected chi connectivity index (χ4v) is 3.41. The lowest BCUT2D eigenvalue weighted by molar-refractivity contribution is 0.0697. The number of carboxylic acid groups (broad SMARTS) is 1. The number of aryl methyl sites for hydroxylation is 2. The largest absolute Gasteiger partial charge is 0.478 e. The van der Waals surface area contributed by atoms with Gasteiger partial charge in [-0.3, -0.25) is 0 Å². The average molecular weight is 425 g/mol. The van der Waals surface area contributed by atoms with Crippen molar-refractivity contribution >= 4 is 35.5 Å². The SMILES string of the molecule is Cc1ccccc1NC(=O)N/N=C/c1cc(C)n(-c2ccc(C(=O)O)c(Cl)c2)c1C. The zero-order valence-corrected chi connectivity index (χ0v) is 17.5. The summed E-state index contributed by atoms with van der Waals surface area (Å²) in [6.45, 7) is 5.73. The number of carbonyl (C=O) groups is 2. The summed E-state index contributed by atoms with van der Waals surface area (Å²) >= 11 is 6.11. The van der Waals surface area contributed by atoms with Gasteiger partial charge in [0.1, 0.15) is 0 Å². The molecular formula is C22H21ClN4O3. The summed E-state index contributed by atoms with van der Waals surface area (Å²) in [6, 6.07) is 13.7. The van der Waals surface area contributed by atoms with Crippen LogP contribution in [0.3, 0.4) is 0 Å². The van der Waals surface area contributed by atoms with Crippen LogP contribution in [0.2, 0.25) is 5.02 Å². The third-order valence-electron chi connectivity index (χ3n) is 4.67. The molecule has 0 saturated carbocycles. The normalized spacial score (nSPS) is 10.9. The highest BCUT2D eigenvalue weighted by Crippen LogP contribution is 2.25. The van der Waals surface area contributed by atoms with Crippen molar-refractivity contribution in [1.29, 1.82) is 0 Å². The Balaban J connectivity index is 1.76. The maximum atomic E-state index is 12.1. The Hall–Kier alpha value is -3.58. The topological polar surface area (TPSA) is 95.7 Å². The highest BCUT2D eigenvalue weighted by molar-refractivity contribution is 6.33. The van der Waals surface area contributed by atoms with E-state index in [0.717, 1.165) is 28.2 Å². The molecule has 0 radical (unpaired) electrons. The highest BCUT2D eigenvalue weighted by atomic mass is 35.5. The molecule has 1 aromatic heterocycles. The van der Waals surface area contributed by atoms with Crippen molar-refractivity contribution in [2.45, 2.75) is 20.8 Å². The van der Waals surface area contributed by atoms with E-state index in [1.807, 2.05) is 55.7 Å². The second kappa shape index (κ2) is 8.84. The molecule has 0 bridgehead atoms. The van der Waals surface area contributed by atoms with Crippen LogP contribution in [0.15, 0.2) is 53.6 Å². The first-order valence-electron chi connectivity index (χ1n) is 9.15. The molecule has 1 heterocycles. The number of benzene rings is 2. The Bertz CT molecular complexity index is 1150. The molecule has 3 aromatic rings. The molecule has 30 heavy (non-hydrogen) atoms. The minimum Gasteiger partial charge on any atom is -0.478 e. The number of rotatable bonds is 5. The molecule has 0 aliphatic rings. The van der Waals surface area contributed by atoms with E-state index in [1.54, 1.807) is 18.3 Å². The molecule has 0 aliphatic heterocycles. The number of nitrogens with one attached hydrogen (secondary N) is 2. The minimum atomic E-state index is -1.07. The van der Waals surface area contributed by atoms with E-state index < -0.39 is 12.0 Å². The molecule has 8 heteroatoms. The van der Waals surface area contributed by atoms with Crippen molar-refractivity contribution in [3.05, 3.63) is 81.6 Å². The van der Waals surface area contributed by atoms with E-state index >= 15 is 0 Å². The van der Waals surface area contributed by atoms with Crippen LogP contribution in [0.5, 0.6) is 0 Å². The lowest BCUT2D eigenvalue weighted by atomic mass is 10.2. The van der Waals surface area contributed by atoms with Crippen molar-refractivity contribution in [1.82, 2.24) is 9.99 Å². The molecule has 3 N–H and O–H groups in total. The van der Waals surface area contributed by atoms with Gasteiger partial charge in [-0.05, 0) is 56.7 Å². The number of hydrogen-bond donors (Lipinski definition) is 3. The van der Waals surface area contributed by atoms with Crippen molar-refractivity contribution in [2.75, 3.05) is 5.32 Å². The molecule has 0 atom stereocenters. The van der Waals surface area contributed by atoms with Gasteiger partial charge in [0.15, 0.2) is 0 Å². The van der Waals surface area contributed by atoms with Crippen LogP contribution < -0.4 is 10.7 Å². The average Bonchev–Trinajstić information content (AvgIpc) is 2.96. The quantitative estimate of drug-likeness (QED) is 0.401. The summed E-state index contributed by atoms with van der Waals surface area (Å²) in [5, 5.41) is 16.1. The monoisotopic (exact) mass is 424 g/mol. The fourth-order valence-electron chi connectivity index (χ4n) is 3.16. The Morgan fingerprint density at radius 3 is 2.50 bits per heavy atom. The molecule has 7 nitrogen and oxygen atoms in total. The van der Waals surface area contributed by atoms with Crippen LogP contribution in [0.4, 0.5) is 10.5 Å². The summed E-state index contributed by atoms with van der Waals surface area (Å²) in [7, 11) is 0. The third kappa shape index (κ3) is 4.52. The zero-order chi connectivity index (χ0) is 21.8. The number of halogens is 1. The number of para-hydroxylation sites is 1. The van der Waals surface area contributed by atoms with Gasteiger partial charge in [0.05, 0.1) is 16.8 Å². The van der Waals surface area contributed by atoms with Gasteiger partial charge in [0, 0.05) is 28.3 Å². The number of aromatic carboxylic acids is 1. The molecule has 2 amide bonds. The van der Waals surface area contributed by atoms with E-state index in [4.69, 9.17) is 16.7 Å². The third-order valence-corrected chi connectivity index (χ3v) is 4.99. The van der Waals surface area contributed by atoms with Crippen molar-refractivity contribution < 1.29 is 14.7 Å². The van der Waals surface area contributed by atoms with Crippen LogP contribution in [-0.2, 0) is 0 Å². The van der Waals surface area contributed by atoms with Gasteiger partial charge in [0.25, 0.3) is 0 Å². The molecular weight excluding hydrogens is 404 g/mol. The number of aromatic nitrogens is 1. The second-order valence-corrected chi connectivity index (χ2v) is 7.18. The van der Waals surface area contributed by atoms with Crippen molar-refractivity contribution in [3.63, 3.8) is 0 Å². The van der Waals surface area contributed by atoms with Gasteiger partial charge >= 0.3 is 12.0 Å². The summed E-state index contributed by atoms with van der Waals surface area (Å²) in [6.07, 6.45) is 1.56. The first-order chi connectivity index (χ1) is 14.3. The molecule has 154 valence electrons. The maximum Gasteiger partial charge on any atom is 0.339 e. The summed E-state index contributed by atoms with van der Waals surface area (Å²) in [5.74, 6) is -1.07. The van der Waals surface area contributed by atoms with Crippen molar-refractivity contribution in [3.8, 4) is 5.69 Å². The molecule has 0 saturated heterocycles. The number of hydrogen-bond acceptors (Lipinski definition) is 3. The van der Waals surface area contributed by atoms with Crippen molar-refractivity contribution in [2.24, 2.45) is 5.10 Å². The van der Waals surface area contributed by atoms with E-state index in [2.05, 4.69) is 15.8 Å². The lowest BCUT2D eigenvalue weighted by Crippen LogP contribution is -2.24. The number of nitrogens with zero attached hydrogens (tertiary/aromatic N) is 2. The predicted octanol–water partition coefficient (Wildman–Crippen LogP) is 4.91. The van der Waals surface area contributed by atoms with Gasteiger partial charge in [-0.2, -0.15) is 5.10 Å². The van der Waals surface area contributed by atoms with Crippen LogP contribution in [0.25, 0.3) is 5.69 Å². The standard InChI is InChI=1S/C22H21ClN4O3/c1-13-6-4-5-7-20(13)25-22(30)26-24-12-16-10-14(2)27(15(16)3)17-8-9-18(21(28)29)19(23)11-17/h4-12H,1-3H3,(H,28,29)(H2,25,26,30)/b24-12+. The first-order valence-corrected chi connectivity index (χ1v) is 9.53. The van der Waals surface area contributed by atoms with E-state index in [0.29, 0.717) is 5.69 Å². The van der Waals surface area contributed by atoms with Gasteiger partial charge in [-0.1, -0.05) is 29.8 Å². The smallest absolute Gasteiger partial charge is 0.339 e. The number of amides is 2. The highest BCUT2D eigenvalue weighted by Gasteiger charge is 2.13. The summed E-state index contributed by atoms with van der Waals surface area (Å²) < 4.78 is 1.94. The Labute approximate surface area is 179 Å². The van der Waals surface area contributed by atoms with E-state index in [1.165, 1.54) is 6.07 Å². The zero-order valence-electron chi connectivity index (χ0n) is 16.7. The summed E-state index contributed by atoms with van der Waals surface area (Å²) in [4.78, 5) is 23.2. The first kappa shape index (κ1) is 21.1. The molecule has 3 rings (SSSR count). The Kier molecular flexibility index (Phi) is 6.23. The maximum absolute atomic E-state index is 12.1. The number of carbonyl (C=O) groups excluding carboxylic acids is 1. The van der Waals surface area contributed by atoms with Gasteiger partial charge in [0.2, 0.25) is 0 Å². The second-order valence-electron chi connectivity index (χ2n) is 6.77. The lowest BCUT2D eigenvalue weighted by Gasteiger charge is -2.11. The molecule has 0 unspecified atom stereocenters. The molecule has 2 aromatic carbocycles.